The Morgan fingerprint density at radius 1 is 1.00 bits per heavy atom. The van der Waals surface area contributed by atoms with E-state index in [0.29, 0.717) is 12.5 Å². The van der Waals surface area contributed by atoms with Gasteiger partial charge in [0.05, 0.1) is 6.54 Å². The fourth-order valence-electron chi connectivity index (χ4n) is 1.94. The fourth-order valence-corrected chi connectivity index (χ4v) is 1.94. The molecule has 21 heavy (non-hydrogen) atoms. The molecule has 0 fully saturated rings. The highest BCUT2D eigenvalue weighted by molar-refractivity contribution is 5.77. The van der Waals surface area contributed by atoms with Crippen LogP contribution in [-0.4, -0.2) is 19.0 Å². The van der Waals surface area contributed by atoms with Crippen LogP contribution in [0.15, 0.2) is 71.7 Å². The molecule has 0 spiro atoms. The summed E-state index contributed by atoms with van der Waals surface area (Å²) in [6.45, 7) is 1.38. The number of aliphatic imine (C=N–C) groups is 1. The Labute approximate surface area is 126 Å². The zero-order valence-corrected chi connectivity index (χ0v) is 12.1. The third-order valence-corrected chi connectivity index (χ3v) is 3.04. The minimum atomic E-state index is 0.489. The van der Waals surface area contributed by atoms with Crippen LogP contribution in [0.2, 0.25) is 0 Å². The van der Waals surface area contributed by atoms with Crippen molar-refractivity contribution in [3.05, 3.63) is 77.9 Å². The molecule has 0 bridgehead atoms. The summed E-state index contributed by atoms with van der Waals surface area (Å²) in [4.78, 5) is 4.27. The second-order valence-corrected chi connectivity index (χ2v) is 4.70. The van der Waals surface area contributed by atoms with E-state index < -0.39 is 0 Å². The maximum Gasteiger partial charge on any atom is 0.188 e. The van der Waals surface area contributed by atoms with Crippen molar-refractivity contribution in [3.63, 3.8) is 0 Å². The van der Waals surface area contributed by atoms with Crippen molar-refractivity contribution in [2.24, 2.45) is 10.7 Å². The molecule has 0 radical (unpaired) electrons. The number of hydrogen-bond acceptors (Lipinski definition) is 1. The van der Waals surface area contributed by atoms with Gasteiger partial charge in [0.1, 0.15) is 0 Å². The average Bonchev–Trinajstić information content (AvgIpc) is 2.54. The lowest BCUT2D eigenvalue weighted by atomic mass is 10.1. The molecule has 2 rings (SSSR count). The second-order valence-electron chi connectivity index (χ2n) is 4.70. The van der Waals surface area contributed by atoms with Gasteiger partial charge in [-0.1, -0.05) is 72.8 Å². The van der Waals surface area contributed by atoms with E-state index in [-0.39, 0.29) is 0 Å². The topological polar surface area (TPSA) is 50.4 Å². The number of rotatable bonds is 6. The molecule has 2 aromatic carbocycles. The van der Waals surface area contributed by atoms with Gasteiger partial charge in [-0.2, -0.15) is 0 Å². The lowest BCUT2D eigenvalue weighted by molar-refractivity contribution is 0.854. The van der Waals surface area contributed by atoms with Crippen molar-refractivity contribution in [3.8, 4) is 0 Å². The molecule has 0 atom stereocenters. The van der Waals surface area contributed by atoms with E-state index in [9.17, 15) is 0 Å². The van der Waals surface area contributed by atoms with Crippen LogP contribution in [0.5, 0.6) is 0 Å². The molecule has 0 aliphatic rings. The second kappa shape index (κ2) is 8.59. The van der Waals surface area contributed by atoms with Crippen LogP contribution in [-0.2, 0) is 6.42 Å². The van der Waals surface area contributed by atoms with Crippen molar-refractivity contribution < 1.29 is 0 Å². The van der Waals surface area contributed by atoms with E-state index in [1.54, 1.807) is 0 Å². The van der Waals surface area contributed by atoms with Crippen molar-refractivity contribution >= 4 is 12.0 Å². The molecule has 108 valence electrons. The van der Waals surface area contributed by atoms with Crippen LogP contribution >= 0.6 is 0 Å². The van der Waals surface area contributed by atoms with Crippen LogP contribution in [0, 0.1) is 0 Å². The summed E-state index contributed by atoms with van der Waals surface area (Å²) >= 11 is 0. The van der Waals surface area contributed by atoms with Gasteiger partial charge < -0.3 is 11.1 Å². The number of hydrogen-bond donors (Lipinski definition) is 2. The Hall–Kier alpha value is -2.55. The highest BCUT2D eigenvalue weighted by atomic mass is 15.1. The number of benzene rings is 2. The van der Waals surface area contributed by atoms with Gasteiger partial charge in [-0.25, -0.2) is 4.99 Å². The molecule has 3 heteroatoms. The summed E-state index contributed by atoms with van der Waals surface area (Å²) < 4.78 is 0. The number of nitrogens with zero attached hydrogens (tertiary/aromatic N) is 1. The fraction of sp³-hybridized carbons (Fsp3) is 0.167. The number of nitrogens with one attached hydrogen (secondary N) is 1. The summed E-state index contributed by atoms with van der Waals surface area (Å²) in [5.41, 5.74) is 8.29. The van der Waals surface area contributed by atoms with Gasteiger partial charge in [-0.05, 0) is 17.5 Å². The molecule has 2 aromatic rings. The van der Waals surface area contributed by atoms with Crippen LogP contribution in [0.25, 0.3) is 6.08 Å². The molecule has 0 unspecified atom stereocenters. The van der Waals surface area contributed by atoms with Crippen LogP contribution in [0.3, 0.4) is 0 Å². The van der Waals surface area contributed by atoms with E-state index in [2.05, 4.69) is 34.6 Å². The van der Waals surface area contributed by atoms with Crippen molar-refractivity contribution in [1.82, 2.24) is 5.32 Å². The predicted octanol–water partition coefficient (Wildman–Crippen LogP) is 2.85. The first kappa shape index (κ1) is 14.9. The first-order valence-corrected chi connectivity index (χ1v) is 7.14. The summed E-state index contributed by atoms with van der Waals surface area (Å²) in [7, 11) is 0. The molecule has 0 amide bonds. The van der Waals surface area contributed by atoms with Gasteiger partial charge in [0.15, 0.2) is 5.96 Å². The minimum Gasteiger partial charge on any atom is -0.370 e. The molecule has 3 nitrogen and oxygen atoms in total. The maximum atomic E-state index is 5.82. The van der Waals surface area contributed by atoms with Crippen LogP contribution < -0.4 is 11.1 Å². The van der Waals surface area contributed by atoms with Gasteiger partial charge in [-0.15, -0.1) is 0 Å². The summed E-state index contributed by atoms with van der Waals surface area (Å²) in [6, 6.07) is 20.5. The molecule has 0 aliphatic heterocycles. The molecular formula is C18H21N3. The molecule has 0 heterocycles. The predicted molar refractivity (Wildman–Crippen MR) is 90.1 cm³/mol. The quantitative estimate of drug-likeness (QED) is 0.631. The SMILES string of the molecule is NC(=NCC=Cc1ccccc1)NCCc1ccccc1. The Morgan fingerprint density at radius 2 is 1.67 bits per heavy atom. The van der Waals surface area contributed by atoms with Crippen LogP contribution in [0.1, 0.15) is 11.1 Å². The largest absolute Gasteiger partial charge is 0.370 e. The monoisotopic (exact) mass is 279 g/mol. The molecule has 0 saturated carbocycles. The van der Waals surface area contributed by atoms with E-state index in [1.807, 2.05) is 48.6 Å². The van der Waals surface area contributed by atoms with Gasteiger partial charge >= 0.3 is 0 Å². The third kappa shape index (κ3) is 5.95. The zero-order chi connectivity index (χ0) is 14.8. The Bertz CT molecular complexity index is 574. The molecule has 0 aromatic heterocycles. The standard InChI is InChI=1S/C18H21N3/c19-18(21-15-13-17-10-5-2-6-11-17)20-14-7-12-16-8-3-1-4-9-16/h1-12H,13-15H2,(H3,19,20,21). The zero-order valence-electron chi connectivity index (χ0n) is 12.1. The van der Waals surface area contributed by atoms with E-state index >= 15 is 0 Å². The normalized spacial score (nSPS) is 11.7. The van der Waals surface area contributed by atoms with Gasteiger partial charge in [0.2, 0.25) is 0 Å². The minimum absolute atomic E-state index is 0.489. The lowest BCUT2D eigenvalue weighted by Crippen LogP contribution is -2.33. The Kier molecular flexibility index (Phi) is 6.07. The first-order chi connectivity index (χ1) is 10.3. The summed E-state index contributed by atoms with van der Waals surface area (Å²) in [5.74, 6) is 0.489. The molecule has 0 aliphatic carbocycles. The number of nitrogens with two attached hydrogens (primary N) is 1. The highest BCUT2D eigenvalue weighted by Crippen LogP contribution is 2.00. The maximum absolute atomic E-state index is 5.82. The Morgan fingerprint density at radius 3 is 2.38 bits per heavy atom. The van der Waals surface area contributed by atoms with Gasteiger partial charge in [-0.3, -0.25) is 0 Å². The first-order valence-electron chi connectivity index (χ1n) is 7.14. The summed E-state index contributed by atoms with van der Waals surface area (Å²) in [6.07, 6.45) is 4.98. The van der Waals surface area contributed by atoms with Crippen molar-refractivity contribution in [2.45, 2.75) is 6.42 Å². The highest BCUT2D eigenvalue weighted by Gasteiger charge is 1.92. The van der Waals surface area contributed by atoms with Crippen molar-refractivity contribution in [2.75, 3.05) is 13.1 Å². The average molecular weight is 279 g/mol. The van der Waals surface area contributed by atoms with E-state index in [1.165, 1.54) is 11.1 Å². The smallest absolute Gasteiger partial charge is 0.188 e. The third-order valence-electron chi connectivity index (χ3n) is 3.04. The van der Waals surface area contributed by atoms with E-state index in [4.69, 9.17) is 5.73 Å². The summed E-state index contributed by atoms with van der Waals surface area (Å²) in [5, 5.41) is 3.12. The number of guanidine groups is 1. The molecule has 3 N–H and O–H groups in total. The van der Waals surface area contributed by atoms with Gasteiger partial charge in [0.25, 0.3) is 0 Å². The van der Waals surface area contributed by atoms with Crippen LogP contribution in [0.4, 0.5) is 0 Å². The van der Waals surface area contributed by atoms with E-state index in [0.717, 1.165) is 13.0 Å². The van der Waals surface area contributed by atoms with Gasteiger partial charge in [0, 0.05) is 6.54 Å². The van der Waals surface area contributed by atoms with Crippen molar-refractivity contribution in [1.29, 1.82) is 0 Å². The molecular weight excluding hydrogens is 258 g/mol. The lowest BCUT2D eigenvalue weighted by Gasteiger charge is -2.05. The Balaban J connectivity index is 1.68. The molecule has 0 saturated heterocycles.